The van der Waals surface area contributed by atoms with Gasteiger partial charge in [-0.15, -0.1) is 0 Å². The summed E-state index contributed by atoms with van der Waals surface area (Å²) < 4.78 is 13.5. The first-order chi connectivity index (χ1) is 9.51. The van der Waals surface area contributed by atoms with Gasteiger partial charge in [0.2, 0.25) is 0 Å². The molecule has 0 amide bonds. The van der Waals surface area contributed by atoms with Crippen LogP contribution < -0.4 is 5.32 Å². The number of rotatable bonds is 4. The fourth-order valence-corrected chi connectivity index (χ4v) is 3.04. The zero-order valence-corrected chi connectivity index (χ0v) is 13.1. The molecule has 2 unspecified atom stereocenters. The summed E-state index contributed by atoms with van der Waals surface area (Å²) in [7, 11) is 0. The third-order valence-corrected chi connectivity index (χ3v) is 4.49. The minimum Gasteiger partial charge on any atom is -0.311 e. The minimum absolute atomic E-state index is 0.131. The van der Waals surface area contributed by atoms with E-state index >= 15 is 0 Å². The molecule has 1 aromatic carbocycles. The molecule has 1 heterocycles. The first-order valence-electron chi connectivity index (χ1n) is 7.73. The Hall–Kier alpha value is -0.930. The Balaban J connectivity index is 2.16. The summed E-state index contributed by atoms with van der Waals surface area (Å²) in [5.74, 6) is 0.475. The SMILES string of the molecule is CCC1CN(Cc2cc(F)ccc2C)C(C(C)C)CN1. The van der Waals surface area contributed by atoms with Crippen molar-refractivity contribution in [3.8, 4) is 0 Å². The number of benzene rings is 1. The Morgan fingerprint density at radius 1 is 1.40 bits per heavy atom. The topological polar surface area (TPSA) is 15.3 Å². The summed E-state index contributed by atoms with van der Waals surface area (Å²) in [4.78, 5) is 2.52. The van der Waals surface area contributed by atoms with E-state index in [4.69, 9.17) is 0 Å². The number of halogens is 1. The summed E-state index contributed by atoms with van der Waals surface area (Å²) in [5.41, 5.74) is 2.30. The molecule has 2 atom stereocenters. The second-order valence-corrected chi connectivity index (χ2v) is 6.33. The maximum absolute atomic E-state index is 13.5. The summed E-state index contributed by atoms with van der Waals surface area (Å²) in [6.07, 6.45) is 1.14. The first kappa shape index (κ1) is 15.5. The Kier molecular flexibility index (Phi) is 5.17. The highest BCUT2D eigenvalue weighted by molar-refractivity contribution is 5.26. The molecule has 0 spiro atoms. The Labute approximate surface area is 122 Å². The average molecular weight is 278 g/mol. The molecule has 0 aromatic heterocycles. The monoisotopic (exact) mass is 278 g/mol. The van der Waals surface area contributed by atoms with Crippen molar-refractivity contribution in [3.05, 3.63) is 35.1 Å². The molecule has 1 fully saturated rings. The van der Waals surface area contributed by atoms with Crippen molar-refractivity contribution in [2.24, 2.45) is 5.92 Å². The molecule has 1 aliphatic rings. The van der Waals surface area contributed by atoms with Crippen LogP contribution in [0.2, 0.25) is 0 Å². The second-order valence-electron chi connectivity index (χ2n) is 6.33. The fourth-order valence-electron chi connectivity index (χ4n) is 3.04. The molecule has 1 N–H and O–H groups in total. The van der Waals surface area contributed by atoms with Crippen molar-refractivity contribution >= 4 is 0 Å². The summed E-state index contributed by atoms with van der Waals surface area (Å²) in [6.45, 7) is 11.8. The standard InChI is InChI=1S/C17H27FN2/c1-5-16-11-20(17(9-19-16)12(2)3)10-14-8-15(18)7-6-13(14)4/h6-8,12,16-17,19H,5,9-11H2,1-4H3. The van der Waals surface area contributed by atoms with Gasteiger partial charge in [0, 0.05) is 31.7 Å². The lowest BCUT2D eigenvalue weighted by Gasteiger charge is -2.42. The Bertz CT molecular complexity index is 445. The highest BCUT2D eigenvalue weighted by atomic mass is 19.1. The molecule has 0 saturated carbocycles. The first-order valence-corrected chi connectivity index (χ1v) is 7.73. The number of hydrogen-bond donors (Lipinski definition) is 1. The molecule has 0 bridgehead atoms. The molecule has 1 aliphatic heterocycles. The zero-order chi connectivity index (χ0) is 14.7. The highest BCUT2D eigenvalue weighted by Crippen LogP contribution is 2.21. The normalized spacial score (nSPS) is 24.3. The van der Waals surface area contributed by atoms with Gasteiger partial charge in [-0.05, 0) is 42.5 Å². The van der Waals surface area contributed by atoms with Gasteiger partial charge in [-0.3, -0.25) is 4.90 Å². The third-order valence-electron chi connectivity index (χ3n) is 4.49. The smallest absolute Gasteiger partial charge is 0.123 e. The number of piperazine rings is 1. The van der Waals surface area contributed by atoms with E-state index in [-0.39, 0.29) is 5.82 Å². The van der Waals surface area contributed by atoms with E-state index in [1.807, 2.05) is 6.07 Å². The lowest BCUT2D eigenvalue weighted by Crippen LogP contribution is -2.57. The largest absolute Gasteiger partial charge is 0.311 e. The summed E-state index contributed by atoms with van der Waals surface area (Å²) in [6, 6.07) is 6.20. The molecule has 0 radical (unpaired) electrons. The van der Waals surface area contributed by atoms with Crippen molar-refractivity contribution in [3.63, 3.8) is 0 Å². The molecule has 20 heavy (non-hydrogen) atoms. The van der Waals surface area contributed by atoms with Gasteiger partial charge in [0.1, 0.15) is 5.82 Å². The van der Waals surface area contributed by atoms with E-state index in [0.717, 1.165) is 31.6 Å². The van der Waals surface area contributed by atoms with Crippen LogP contribution in [0.3, 0.4) is 0 Å². The van der Waals surface area contributed by atoms with Crippen molar-refractivity contribution in [1.29, 1.82) is 0 Å². The lowest BCUT2D eigenvalue weighted by molar-refractivity contribution is 0.0897. The van der Waals surface area contributed by atoms with Gasteiger partial charge in [-0.2, -0.15) is 0 Å². The van der Waals surface area contributed by atoms with Crippen LogP contribution in [0.1, 0.15) is 38.3 Å². The van der Waals surface area contributed by atoms with E-state index in [1.54, 1.807) is 12.1 Å². The van der Waals surface area contributed by atoms with E-state index in [0.29, 0.717) is 18.0 Å². The van der Waals surface area contributed by atoms with Crippen molar-refractivity contribution in [2.45, 2.75) is 52.7 Å². The molecule has 2 rings (SSSR count). The van der Waals surface area contributed by atoms with Gasteiger partial charge in [0.15, 0.2) is 0 Å². The minimum atomic E-state index is -0.131. The third kappa shape index (κ3) is 3.58. The van der Waals surface area contributed by atoms with E-state index in [9.17, 15) is 4.39 Å². The van der Waals surface area contributed by atoms with Gasteiger partial charge >= 0.3 is 0 Å². The number of nitrogens with one attached hydrogen (secondary N) is 1. The molecule has 0 aliphatic carbocycles. The lowest BCUT2D eigenvalue weighted by atomic mass is 9.96. The zero-order valence-electron chi connectivity index (χ0n) is 13.1. The molecule has 3 heteroatoms. The highest BCUT2D eigenvalue weighted by Gasteiger charge is 2.29. The quantitative estimate of drug-likeness (QED) is 0.908. The van der Waals surface area contributed by atoms with Gasteiger partial charge in [-0.1, -0.05) is 26.8 Å². The second kappa shape index (κ2) is 6.68. The van der Waals surface area contributed by atoms with E-state index in [2.05, 4.69) is 37.9 Å². The average Bonchev–Trinajstić information content (AvgIpc) is 2.42. The van der Waals surface area contributed by atoms with E-state index in [1.165, 1.54) is 5.56 Å². The molecular formula is C17H27FN2. The van der Waals surface area contributed by atoms with Crippen LogP contribution in [0.15, 0.2) is 18.2 Å². The molecule has 1 saturated heterocycles. The van der Waals surface area contributed by atoms with Gasteiger partial charge in [-0.25, -0.2) is 4.39 Å². The molecule has 2 nitrogen and oxygen atoms in total. The van der Waals surface area contributed by atoms with Gasteiger partial charge in [0.05, 0.1) is 0 Å². The maximum atomic E-state index is 13.5. The van der Waals surface area contributed by atoms with Crippen LogP contribution in [-0.2, 0) is 6.54 Å². The van der Waals surface area contributed by atoms with Crippen LogP contribution >= 0.6 is 0 Å². The van der Waals surface area contributed by atoms with Crippen LogP contribution in [0, 0.1) is 18.7 Å². The number of hydrogen-bond acceptors (Lipinski definition) is 2. The van der Waals surface area contributed by atoms with Crippen LogP contribution in [0.4, 0.5) is 4.39 Å². The van der Waals surface area contributed by atoms with Crippen LogP contribution in [-0.4, -0.2) is 30.1 Å². The number of aryl methyl sites for hydroxylation is 1. The fraction of sp³-hybridized carbons (Fsp3) is 0.647. The van der Waals surface area contributed by atoms with Gasteiger partial charge < -0.3 is 5.32 Å². The van der Waals surface area contributed by atoms with Crippen molar-refractivity contribution in [1.82, 2.24) is 10.2 Å². The van der Waals surface area contributed by atoms with Crippen molar-refractivity contribution < 1.29 is 4.39 Å². The molecular weight excluding hydrogens is 251 g/mol. The predicted molar refractivity (Wildman–Crippen MR) is 82.3 cm³/mol. The summed E-state index contributed by atoms with van der Waals surface area (Å²) in [5, 5.41) is 3.63. The van der Waals surface area contributed by atoms with Gasteiger partial charge in [0.25, 0.3) is 0 Å². The predicted octanol–water partition coefficient (Wildman–Crippen LogP) is 3.34. The van der Waals surface area contributed by atoms with Crippen molar-refractivity contribution in [2.75, 3.05) is 13.1 Å². The number of nitrogens with zero attached hydrogens (tertiary/aromatic N) is 1. The summed E-state index contributed by atoms with van der Waals surface area (Å²) >= 11 is 0. The molecule has 112 valence electrons. The van der Waals surface area contributed by atoms with E-state index < -0.39 is 0 Å². The van der Waals surface area contributed by atoms with Crippen LogP contribution in [0.5, 0.6) is 0 Å². The molecule has 1 aromatic rings. The maximum Gasteiger partial charge on any atom is 0.123 e. The Morgan fingerprint density at radius 3 is 2.80 bits per heavy atom. The van der Waals surface area contributed by atoms with Crippen LogP contribution in [0.25, 0.3) is 0 Å². The Morgan fingerprint density at radius 2 is 2.15 bits per heavy atom.